The van der Waals surface area contributed by atoms with Gasteiger partial charge in [0.2, 0.25) is 0 Å². The predicted octanol–water partition coefficient (Wildman–Crippen LogP) is 4.26. The van der Waals surface area contributed by atoms with Crippen LogP contribution in [0.1, 0.15) is 31.4 Å². The van der Waals surface area contributed by atoms with Crippen molar-refractivity contribution in [3.63, 3.8) is 0 Å². The van der Waals surface area contributed by atoms with Crippen molar-refractivity contribution in [2.45, 2.75) is 20.3 Å². The summed E-state index contributed by atoms with van der Waals surface area (Å²) in [6.45, 7) is 5.49. The first kappa shape index (κ1) is 25.1. The van der Waals surface area contributed by atoms with Gasteiger partial charge in [0.25, 0.3) is 0 Å². The third-order valence-corrected chi connectivity index (χ3v) is 5.27. The van der Waals surface area contributed by atoms with Crippen LogP contribution in [0, 0.1) is 22.7 Å². The van der Waals surface area contributed by atoms with Crippen molar-refractivity contribution in [2.75, 3.05) is 36.3 Å². The summed E-state index contributed by atoms with van der Waals surface area (Å²) in [5.41, 5.74) is 3.34. The monoisotopic (exact) mass is 470 g/mol. The first-order chi connectivity index (χ1) is 17.0. The SMILES string of the molecule is CCOC(=O)/C(C#N)=C/c1ccc(N2CCCN2c2ccc(/C=C(\C#N)C(=O)OCC)cc2)cc1. The first-order valence-corrected chi connectivity index (χ1v) is 11.3. The molecule has 2 aromatic carbocycles. The number of nitrogens with zero attached hydrogens (tertiary/aromatic N) is 4. The molecule has 8 heteroatoms. The van der Waals surface area contributed by atoms with Crippen LogP contribution in [0.2, 0.25) is 0 Å². The van der Waals surface area contributed by atoms with Crippen molar-refractivity contribution in [2.24, 2.45) is 0 Å². The molecule has 1 aliphatic heterocycles. The largest absolute Gasteiger partial charge is 0.462 e. The second-order valence-corrected chi connectivity index (χ2v) is 7.56. The summed E-state index contributed by atoms with van der Waals surface area (Å²) in [6.07, 6.45) is 4.01. The van der Waals surface area contributed by atoms with Gasteiger partial charge in [-0.05, 0) is 67.8 Å². The van der Waals surface area contributed by atoms with Crippen molar-refractivity contribution in [3.8, 4) is 12.1 Å². The van der Waals surface area contributed by atoms with E-state index in [0.717, 1.165) is 42.0 Å². The number of nitriles is 2. The van der Waals surface area contributed by atoms with Crippen molar-refractivity contribution in [1.82, 2.24) is 0 Å². The van der Waals surface area contributed by atoms with Gasteiger partial charge in [-0.1, -0.05) is 24.3 Å². The number of esters is 2. The van der Waals surface area contributed by atoms with E-state index in [1.54, 1.807) is 13.8 Å². The molecule has 1 fully saturated rings. The molecule has 1 saturated heterocycles. The Morgan fingerprint density at radius 3 is 1.46 bits per heavy atom. The minimum atomic E-state index is -0.632. The molecule has 0 bridgehead atoms. The van der Waals surface area contributed by atoms with Crippen molar-refractivity contribution in [3.05, 3.63) is 70.8 Å². The number of hydrogen-bond acceptors (Lipinski definition) is 8. The summed E-state index contributed by atoms with van der Waals surface area (Å²) in [4.78, 5) is 23.7. The Morgan fingerprint density at radius 1 is 0.771 bits per heavy atom. The Hall–Kier alpha value is -4.56. The topological polar surface area (TPSA) is 107 Å². The van der Waals surface area contributed by atoms with Crippen molar-refractivity contribution in [1.29, 1.82) is 10.5 Å². The van der Waals surface area contributed by atoms with Gasteiger partial charge in [-0.25, -0.2) is 9.59 Å². The van der Waals surface area contributed by atoms with Gasteiger partial charge < -0.3 is 9.47 Å². The molecule has 0 amide bonds. The van der Waals surface area contributed by atoms with Crippen LogP contribution >= 0.6 is 0 Å². The zero-order chi connectivity index (χ0) is 25.2. The molecular weight excluding hydrogens is 444 g/mol. The van der Waals surface area contributed by atoms with Crippen LogP contribution in [0.5, 0.6) is 0 Å². The second kappa shape index (κ2) is 12.1. The smallest absolute Gasteiger partial charge is 0.348 e. The molecule has 35 heavy (non-hydrogen) atoms. The van der Waals surface area contributed by atoms with Gasteiger partial charge in [-0.2, -0.15) is 10.5 Å². The fourth-order valence-corrected chi connectivity index (χ4v) is 3.66. The molecule has 178 valence electrons. The first-order valence-electron chi connectivity index (χ1n) is 11.3. The van der Waals surface area contributed by atoms with Gasteiger partial charge in [0.15, 0.2) is 0 Å². The van der Waals surface area contributed by atoms with Crippen LogP contribution in [0.15, 0.2) is 59.7 Å². The van der Waals surface area contributed by atoms with Crippen molar-refractivity contribution < 1.29 is 19.1 Å². The van der Waals surface area contributed by atoms with E-state index in [2.05, 4.69) is 10.0 Å². The summed E-state index contributed by atoms with van der Waals surface area (Å²) in [5.74, 6) is -1.26. The van der Waals surface area contributed by atoms with Gasteiger partial charge in [0, 0.05) is 13.1 Å². The quantitative estimate of drug-likeness (QED) is 0.320. The summed E-state index contributed by atoms with van der Waals surface area (Å²) < 4.78 is 9.81. The number of benzene rings is 2. The molecule has 1 heterocycles. The number of carbonyl (C=O) groups is 2. The fraction of sp³-hybridized carbons (Fsp3) is 0.259. The van der Waals surface area contributed by atoms with E-state index in [4.69, 9.17) is 9.47 Å². The third-order valence-electron chi connectivity index (χ3n) is 5.27. The minimum Gasteiger partial charge on any atom is -0.462 e. The molecule has 3 rings (SSSR count). The average molecular weight is 471 g/mol. The van der Waals surface area contributed by atoms with Gasteiger partial charge in [0.05, 0.1) is 24.6 Å². The molecule has 0 saturated carbocycles. The normalized spacial score (nSPS) is 13.7. The minimum absolute atomic E-state index is 0.0425. The lowest BCUT2D eigenvalue weighted by Gasteiger charge is -2.31. The number of anilines is 2. The highest BCUT2D eigenvalue weighted by Gasteiger charge is 2.23. The maximum absolute atomic E-state index is 11.8. The summed E-state index contributed by atoms with van der Waals surface area (Å²) in [6, 6.07) is 19.0. The molecule has 0 aliphatic carbocycles. The molecular formula is C27H26N4O4. The number of ether oxygens (including phenoxy) is 2. The lowest BCUT2D eigenvalue weighted by atomic mass is 10.1. The summed E-state index contributed by atoms with van der Waals surface area (Å²) in [7, 11) is 0. The summed E-state index contributed by atoms with van der Waals surface area (Å²) >= 11 is 0. The van der Waals surface area contributed by atoms with Gasteiger partial charge >= 0.3 is 11.9 Å². The molecule has 0 radical (unpaired) electrons. The number of hydrogen-bond donors (Lipinski definition) is 0. The molecule has 0 spiro atoms. The lowest BCUT2D eigenvalue weighted by Crippen LogP contribution is -2.36. The highest BCUT2D eigenvalue weighted by Crippen LogP contribution is 2.28. The number of hydrazine groups is 1. The van der Waals surface area contributed by atoms with Gasteiger partial charge in [-0.3, -0.25) is 10.0 Å². The van der Waals surface area contributed by atoms with E-state index in [1.807, 2.05) is 60.7 Å². The molecule has 0 unspecified atom stereocenters. The van der Waals surface area contributed by atoms with Gasteiger partial charge in [0.1, 0.15) is 23.3 Å². The van der Waals surface area contributed by atoms with Crippen LogP contribution in [-0.2, 0) is 19.1 Å². The van der Waals surface area contributed by atoms with Gasteiger partial charge in [-0.15, -0.1) is 0 Å². The highest BCUT2D eigenvalue weighted by atomic mass is 16.5. The van der Waals surface area contributed by atoms with E-state index < -0.39 is 11.9 Å². The van der Waals surface area contributed by atoms with E-state index in [-0.39, 0.29) is 24.4 Å². The maximum atomic E-state index is 11.8. The Balaban J connectivity index is 1.76. The average Bonchev–Trinajstić information content (AvgIpc) is 3.36. The second-order valence-electron chi connectivity index (χ2n) is 7.56. The Morgan fingerprint density at radius 2 is 1.14 bits per heavy atom. The fourth-order valence-electron chi connectivity index (χ4n) is 3.66. The molecule has 0 atom stereocenters. The Kier molecular flexibility index (Phi) is 8.64. The van der Waals surface area contributed by atoms with Crippen LogP contribution < -0.4 is 10.0 Å². The van der Waals surface area contributed by atoms with Crippen LogP contribution in [-0.4, -0.2) is 38.2 Å². The molecule has 0 aromatic heterocycles. The number of rotatable bonds is 8. The number of carbonyl (C=O) groups excluding carboxylic acids is 2. The molecule has 2 aromatic rings. The standard InChI is InChI=1S/C27H26N4O4/c1-3-34-26(32)22(18-28)16-20-6-10-24(11-7-20)30-14-5-15-31(30)25-12-8-21(9-13-25)17-23(19-29)27(33)35-4-2/h6-13,16-17H,3-5,14-15H2,1-2H3/b22-16+,23-17+. The maximum Gasteiger partial charge on any atom is 0.348 e. The predicted molar refractivity (Wildman–Crippen MR) is 133 cm³/mol. The molecule has 0 N–H and O–H groups in total. The summed E-state index contributed by atoms with van der Waals surface area (Å²) in [5, 5.41) is 22.8. The third kappa shape index (κ3) is 6.27. The van der Waals surface area contributed by atoms with Crippen molar-refractivity contribution >= 4 is 35.5 Å². The zero-order valence-corrected chi connectivity index (χ0v) is 19.7. The van der Waals surface area contributed by atoms with E-state index >= 15 is 0 Å². The van der Waals surface area contributed by atoms with E-state index in [9.17, 15) is 20.1 Å². The van der Waals surface area contributed by atoms with E-state index in [1.165, 1.54) is 12.2 Å². The lowest BCUT2D eigenvalue weighted by molar-refractivity contribution is -0.138. The highest BCUT2D eigenvalue weighted by molar-refractivity contribution is 5.98. The molecule has 8 nitrogen and oxygen atoms in total. The van der Waals surface area contributed by atoms with Crippen LogP contribution in [0.25, 0.3) is 12.2 Å². The Bertz CT molecular complexity index is 1110. The molecule has 1 aliphatic rings. The van der Waals surface area contributed by atoms with Crippen LogP contribution in [0.3, 0.4) is 0 Å². The van der Waals surface area contributed by atoms with E-state index in [0.29, 0.717) is 0 Å². The van der Waals surface area contributed by atoms with Crippen LogP contribution in [0.4, 0.5) is 11.4 Å². The zero-order valence-electron chi connectivity index (χ0n) is 19.7. The Labute approximate surface area is 204 Å².